The van der Waals surface area contributed by atoms with Crippen LogP contribution < -0.4 is 10.6 Å². The summed E-state index contributed by atoms with van der Waals surface area (Å²) in [5.41, 5.74) is 5.02. The van der Waals surface area contributed by atoms with Crippen molar-refractivity contribution < 1.29 is 0 Å². The van der Waals surface area contributed by atoms with Crippen LogP contribution in [-0.4, -0.2) is 35.6 Å². The summed E-state index contributed by atoms with van der Waals surface area (Å²) in [6.07, 6.45) is 6.07. The molecule has 0 amide bonds. The number of aromatic amines is 2. The summed E-state index contributed by atoms with van der Waals surface area (Å²) in [7, 11) is 0. The largest absolute Gasteiger partial charge is 0.361 e. The van der Waals surface area contributed by atoms with Gasteiger partial charge in [-0.1, -0.05) is 36.4 Å². The molecule has 0 fully saturated rings. The Morgan fingerprint density at radius 1 is 0.821 bits per heavy atom. The normalized spacial score (nSPS) is 12.0. The predicted octanol–water partition coefficient (Wildman–Crippen LogP) is 3.99. The molecule has 144 valence electrons. The van der Waals surface area contributed by atoms with E-state index in [0.717, 1.165) is 38.4 Å². The molecule has 0 aliphatic rings. The van der Waals surface area contributed by atoms with Crippen LogP contribution in [0.25, 0.3) is 21.8 Å². The minimum absolute atomic E-state index is 0.754. The number of hydrogen-bond acceptors (Lipinski definition) is 1. The molecule has 0 saturated heterocycles. The van der Waals surface area contributed by atoms with Crippen molar-refractivity contribution in [3.05, 3.63) is 72.1 Å². The Morgan fingerprint density at radius 3 is 2.07 bits per heavy atom. The number of rotatable bonds is 7. The van der Waals surface area contributed by atoms with E-state index in [4.69, 9.17) is 4.99 Å². The van der Waals surface area contributed by atoms with Crippen LogP contribution in [0.3, 0.4) is 0 Å². The molecule has 0 aliphatic heterocycles. The first-order valence-corrected chi connectivity index (χ1v) is 9.97. The predicted molar refractivity (Wildman–Crippen MR) is 118 cm³/mol. The van der Waals surface area contributed by atoms with Crippen LogP contribution in [0.5, 0.6) is 0 Å². The van der Waals surface area contributed by atoms with E-state index in [0.29, 0.717) is 0 Å². The molecule has 0 radical (unpaired) electrons. The van der Waals surface area contributed by atoms with Crippen molar-refractivity contribution in [2.75, 3.05) is 19.6 Å². The molecular formula is C23H27N5. The van der Waals surface area contributed by atoms with Crippen LogP contribution >= 0.6 is 0 Å². The summed E-state index contributed by atoms with van der Waals surface area (Å²) in [4.78, 5) is 11.4. The Hall–Kier alpha value is -3.21. The molecule has 0 atom stereocenters. The van der Waals surface area contributed by atoms with Crippen LogP contribution in [0.2, 0.25) is 0 Å². The Labute approximate surface area is 165 Å². The molecule has 0 spiro atoms. The minimum atomic E-state index is 0.754. The fourth-order valence-corrected chi connectivity index (χ4v) is 3.62. The average Bonchev–Trinajstić information content (AvgIpc) is 3.33. The summed E-state index contributed by atoms with van der Waals surface area (Å²) in [5.74, 6) is 0.877. The van der Waals surface area contributed by atoms with Gasteiger partial charge in [0, 0.05) is 53.8 Å². The van der Waals surface area contributed by atoms with Gasteiger partial charge in [-0.2, -0.15) is 0 Å². The van der Waals surface area contributed by atoms with Crippen molar-refractivity contribution >= 4 is 27.8 Å². The lowest BCUT2D eigenvalue weighted by atomic mass is 10.1. The van der Waals surface area contributed by atoms with Gasteiger partial charge in [-0.3, -0.25) is 4.99 Å². The fraction of sp³-hybridized carbons (Fsp3) is 0.261. The van der Waals surface area contributed by atoms with Gasteiger partial charge in [0.15, 0.2) is 5.96 Å². The zero-order valence-corrected chi connectivity index (χ0v) is 16.3. The lowest BCUT2D eigenvalue weighted by Gasteiger charge is -2.11. The van der Waals surface area contributed by atoms with Gasteiger partial charge in [0.2, 0.25) is 0 Å². The summed E-state index contributed by atoms with van der Waals surface area (Å²) < 4.78 is 0. The first-order chi connectivity index (χ1) is 13.8. The SMILES string of the molecule is CCNC(=NCCc1c[nH]c2ccccc12)NCCc1c[nH]c2ccccc12. The number of aromatic nitrogens is 2. The highest BCUT2D eigenvalue weighted by atomic mass is 15.2. The number of benzene rings is 2. The summed E-state index contributed by atoms with van der Waals surface area (Å²) in [6, 6.07) is 16.8. The van der Waals surface area contributed by atoms with Gasteiger partial charge >= 0.3 is 0 Å². The number of para-hydroxylation sites is 2. The van der Waals surface area contributed by atoms with Gasteiger partial charge in [-0.05, 0) is 43.0 Å². The van der Waals surface area contributed by atoms with Crippen LogP contribution in [-0.2, 0) is 12.8 Å². The highest BCUT2D eigenvalue weighted by Crippen LogP contribution is 2.18. The number of hydrogen-bond donors (Lipinski definition) is 4. The first-order valence-electron chi connectivity index (χ1n) is 9.97. The third-order valence-corrected chi connectivity index (χ3v) is 5.03. The molecule has 2 aromatic carbocycles. The third kappa shape index (κ3) is 4.03. The highest BCUT2D eigenvalue weighted by Gasteiger charge is 2.05. The molecule has 2 aromatic heterocycles. The maximum Gasteiger partial charge on any atom is 0.191 e. The zero-order chi connectivity index (χ0) is 19.2. The average molecular weight is 374 g/mol. The lowest BCUT2D eigenvalue weighted by molar-refractivity contribution is 0.799. The second kappa shape index (κ2) is 8.65. The van der Waals surface area contributed by atoms with Gasteiger partial charge in [0.1, 0.15) is 0 Å². The topological polar surface area (TPSA) is 68.0 Å². The molecule has 0 aliphatic carbocycles. The van der Waals surface area contributed by atoms with E-state index in [9.17, 15) is 0 Å². The maximum atomic E-state index is 4.75. The standard InChI is InChI=1S/C23H27N5/c1-2-24-23(25-13-11-17-15-27-21-9-5-3-7-19(17)21)26-14-12-18-16-28-22-10-6-4-8-20(18)22/h3-10,15-16,27-28H,2,11-14H2,1H3,(H2,24,25,26). The Morgan fingerprint density at radius 2 is 1.43 bits per heavy atom. The smallest absolute Gasteiger partial charge is 0.191 e. The van der Waals surface area contributed by atoms with E-state index in [1.807, 2.05) is 0 Å². The number of aliphatic imine (C=N–C) groups is 1. The van der Waals surface area contributed by atoms with Crippen molar-refractivity contribution in [2.24, 2.45) is 4.99 Å². The molecular weight excluding hydrogens is 346 g/mol. The van der Waals surface area contributed by atoms with Crippen molar-refractivity contribution in [2.45, 2.75) is 19.8 Å². The molecule has 5 heteroatoms. The van der Waals surface area contributed by atoms with Gasteiger partial charge in [-0.25, -0.2) is 0 Å². The van der Waals surface area contributed by atoms with E-state index < -0.39 is 0 Å². The summed E-state index contributed by atoms with van der Waals surface area (Å²) in [5, 5.41) is 9.38. The molecule has 0 bridgehead atoms. The van der Waals surface area contributed by atoms with Crippen LogP contribution in [0.15, 0.2) is 65.9 Å². The Kier molecular flexibility index (Phi) is 5.61. The summed E-state index contributed by atoms with van der Waals surface area (Å²) >= 11 is 0. The molecule has 0 unspecified atom stereocenters. The second-order valence-electron chi connectivity index (χ2n) is 6.91. The quantitative estimate of drug-likeness (QED) is 0.292. The van der Waals surface area contributed by atoms with E-state index in [-0.39, 0.29) is 0 Å². The van der Waals surface area contributed by atoms with Crippen LogP contribution in [0, 0.1) is 0 Å². The number of nitrogens with zero attached hydrogens (tertiary/aromatic N) is 1. The third-order valence-electron chi connectivity index (χ3n) is 5.03. The molecule has 0 saturated carbocycles. The molecule has 2 heterocycles. The van der Waals surface area contributed by atoms with Crippen LogP contribution in [0.4, 0.5) is 0 Å². The van der Waals surface area contributed by atoms with Gasteiger partial charge < -0.3 is 20.6 Å². The number of fused-ring (bicyclic) bond motifs is 2. The van der Waals surface area contributed by atoms with Crippen molar-refractivity contribution in [1.82, 2.24) is 20.6 Å². The first kappa shape index (κ1) is 18.2. The number of guanidine groups is 1. The molecule has 5 nitrogen and oxygen atoms in total. The maximum absolute atomic E-state index is 4.75. The monoisotopic (exact) mass is 373 g/mol. The Balaban J connectivity index is 1.34. The van der Waals surface area contributed by atoms with Gasteiger partial charge in [-0.15, -0.1) is 0 Å². The molecule has 28 heavy (non-hydrogen) atoms. The van der Waals surface area contributed by atoms with Gasteiger partial charge in [0.25, 0.3) is 0 Å². The fourth-order valence-electron chi connectivity index (χ4n) is 3.62. The molecule has 4 rings (SSSR count). The lowest BCUT2D eigenvalue weighted by Crippen LogP contribution is -2.38. The second-order valence-corrected chi connectivity index (χ2v) is 6.91. The highest BCUT2D eigenvalue weighted by molar-refractivity contribution is 5.84. The number of nitrogens with one attached hydrogen (secondary N) is 4. The zero-order valence-electron chi connectivity index (χ0n) is 16.3. The molecule has 4 aromatic rings. The van der Waals surface area contributed by atoms with E-state index in [1.165, 1.54) is 32.9 Å². The van der Waals surface area contributed by atoms with Gasteiger partial charge in [0.05, 0.1) is 0 Å². The van der Waals surface area contributed by atoms with Crippen molar-refractivity contribution in [3.8, 4) is 0 Å². The van der Waals surface area contributed by atoms with E-state index in [2.05, 4.69) is 88.4 Å². The van der Waals surface area contributed by atoms with E-state index in [1.54, 1.807) is 0 Å². The summed E-state index contributed by atoms with van der Waals surface area (Å²) in [6.45, 7) is 4.55. The minimum Gasteiger partial charge on any atom is -0.361 e. The van der Waals surface area contributed by atoms with Crippen molar-refractivity contribution in [3.63, 3.8) is 0 Å². The van der Waals surface area contributed by atoms with E-state index >= 15 is 0 Å². The number of H-pyrrole nitrogens is 2. The molecule has 4 N–H and O–H groups in total. The van der Waals surface area contributed by atoms with Crippen molar-refractivity contribution in [1.29, 1.82) is 0 Å². The van der Waals surface area contributed by atoms with Crippen LogP contribution in [0.1, 0.15) is 18.1 Å². The Bertz CT molecular complexity index is 1070.